The Labute approximate surface area is 158 Å². The van der Waals surface area contributed by atoms with E-state index in [9.17, 15) is 12.8 Å². The van der Waals surface area contributed by atoms with E-state index in [2.05, 4.69) is 9.71 Å². The molecule has 0 radical (unpaired) electrons. The van der Waals surface area contributed by atoms with Gasteiger partial charge in [-0.05, 0) is 49.6 Å². The lowest BCUT2D eigenvalue weighted by atomic mass is 10.1. The van der Waals surface area contributed by atoms with Crippen LogP contribution in [0.1, 0.15) is 34.1 Å². The van der Waals surface area contributed by atoms with E-state index in [0.717, 1.165) is 5.56 Å². The lowest BCUT2D eigenvalue weighted by molar-refractivity contribution is 0.561. The summed E-state index contributed by atoms with van der Waals surface area (Å²) < 4.78 is 44.3. The predicted octanol–water partition coefficient (Wildman–Crippen LogP) is 3.55. The van der Waals surface area contributed by atoms with E-state index in [4.69, 9.17) is 0 Å². The molecule has 0 spiro atoms. The Bertz CT molecular complexity index is 1050. The first-order chi connectivity index (χ1) is 12.7. The summed E-state index contributed by atoms with van der Waals surface area (Å²) in [6.45, 7) is 5.49. The topological polar surface area (TPSA) is 64.0 Å². The first kappa shape index (κ1) is 19.3. The third kappa shape index (κ3) is 3.94. The van der Waals surface area contributed by atoms with Crippen LogP contribution < -0.4 is 4.72 Å². The van der Waals surface area contributed by atoms with Crippen molar-refractivity contribution in [3.05, 3.63) is 82.7 Å². The van der Waals surface area contributed by atoms with E-state index in [0.29, 0.717) is 22.5 Å². The summed E-state index contributed by atoms with van der Waals surface area (Å²) in [5.41, 5.74) is 2.97. The Morgan fingerprint density at radius 2 is 1.67 bits per heavy atom. The molecule has 1 N–H and O–H groups in total. The second-order valence-electron chi connectivity index (χ2n) is 6.73. The summed E-state index contributed by atoms with van der Waals surface area (Å²) in [6, 6.07) is 8.68. The number of nitrogens with zero attached hydrogens (tertiary/aromatic N) is 2. The Kier molecular flexibility index (Phi) is 5.17. The molecule has 2 aromatic carbocycles. The van der Waals surface area contributed by atoms with Crippen LogP contribution in [0.25, 0.3) is 0 Å². The molecule has 3 aromatic rings. The zero-order valence-electron chi connectivity index (χ0n) is 15.7. The van der Waals surface area contributed by atoms with Crippen LogP contribution in [0.3, 0.4) is 0 Å². The van der Waals surface area contributed by atoms with Crippen molar-refractivity contribution in [3.8, 4) is 0 Å². The van der Waals surface area contributed by atoms with E-state index >= 15 is 0 Å². The van der Waals surface area contributed by atoms with Gasteiger partial charge >= 0.3 is 0 Å². The van der Waals surface area contributed by atoms with Gasteiger partial charge in [0.15, 0.2) is 0 Å². The van der Waals surface area contributed by atoms with Gasteiger partial charge < -0.3 is 4.57 Å². The highest BCUT2D eigenvalue weighted by Gasteiger charge is 2.28. The first-order valence-electron chi connectivity index (χ1n) is 8.52. The molecule has 0 fully saturated rings. The maximum Gasteiger partial charge on any atom is 0.242 e. The van der Waals surface area contributed by atoms with Crippen molar-refractivity contribution in [1.29, 1.82) is 0 Å². The third-order valence-electron chi connectivity index (χ3n) is 4.47. The van der Waals surface area contributed by atoms with Crippen molar-refractivity contribution >= 4 is 10.0 Å². The summed E-state index contributed by atoms with van der Waals surface area (Å²) in [5, 5.41) is 0. The van der Waals surface area contributed by atoms with Crippen LogP contribution in [0, 0.1) is 26.6 Å². The molecule has 7 heteroatoms. The average Bonchev–Trinajstić information content (AvgIpc) is 2.98. The molecule has 0 aliphatic rings. The highest BCUT2D eigenvalue weighted by Crippen LogP contribution is 2.27. The van der Waals surface area contributed by atoms with E-state index in [1.807, 2.05) is 19.1 Å². The number of benzene rings is 2. The molecule has 0 aliphatic carbocycles. The normalized spacial score (nSPS) is 12.9. The molecular formula is C20H22FN3O2S. The quantitative estimate of drug-likeness (QED) is 0.728. The molecule has 0 bridgehead atoms. The van der Waals surface area contributed by atoms with Crippen molar-refractivity contribution in [2.24, 2.45) is 7.05 Å². The fraction of sp³-hybridized carbons (Fsp3) is 0.250. The molecule has 0 unspecified atom stereocenters. The standard InChI is InChI=1S/C20H22FN3O2S/c1-13-11-14(2)19(15(3)12-13)27(25,26)23-18(20-22-9-10-24(20)4)16-5-7-17(21)8-6-16/h5-12,18,23H,1-4H3/t18-/m1/s1. The van der Waals surface area contributed by atoms with Gasteiger partial charge in [-0.3, -0.25) is 0 Å². The second kappa shape index (κ2) is 7.25. The molecule has 27 heavy (non-hydrogen) atoms. The molecule has 0 saturated carbocycles. The maximum absolute atomic E-state index is 13.4. The molecule has 0 amide bonds. The number of hydrogen-bond donors (Lipinski definition) is 1. The van der Waals surface area contributed by atoms with Gasteiger partial charge in [0.25, 0.3) is 0 Å². The lowest BCUT2D eigenvalue weighted by Crippen LogP contribution is -2.32. The molecule has 3 rings (SSSR count). The van der Waals surface area contributed by atoms with Gasteiger partial charge in [-0.2, -0.15) is 4.72 Å². The van der Waals surface area contributed by atoms with Crippen molar-refractivity contribution in [2.75, 3.05) is 0 Å². The molecule has 0 saturated heterocycles. The Morgan fingerprint density at radius 1 is 1.07 bits per heavy atom. The monoisotopic (exact) mass is 387 g/mol. The molecule has 0 aliphatic heterocycles. The molecule has 1 heterocycles. The zero-order valence-corrected chi connectivity index (χ0v) is 16.5. The van der Waals surface area contributed by atoms with Crippen LogP contribution in [0.5, 0.6) is 0 Å². The molecular weight excluding hydrogens is 365 g/mol. The number of aryl methyl sites for hydroxylation is 4. The van der Waals surface area contributed by atoms with Crippen LogP contribution in [-0.2, 0) is 17.1 Å². The van der Waals surface area contributed by atoms with Crippen LogP contribution >= 0.6 is 0 Å². The van der Waals surface area contributed by atoms with Crippen LogP contribution in [0.15, 0.2) is 53.7 Å². The zero-order chi connectivity index (χ0) is 19.8. The van der Waals surface area contributed by atoms with Gasteiger partial charge in [-0.1, -0.05) is 29.8 Å². The average molecular weight is 387 g/mol. The molecule has 5 nitrogen and oxygen atoms in total. The van der Waals surface area contributed by atoms with Gasteiger partial charge in [-0.25, -0.2) is 17.8 Å². The molecule has 1 aromatic heterocycles. The smallest absolute Gasteiger partial charge is 0.242 e. The number of nitrogens with one attached hydrogen (secondary N) is 1. The highest BCUT2D eigenvalue weighted by molar-refractivity contribution is 7.89. The van der Waals surface area contributed by atoms with Crippen LogP contribution in [-0.4, -0.2) is 18.0 Å². The summed E-state index contributed by atoms with van der Waals surface area (Å²) >= 11 is 0. The fourth-order valence-electron chi connectivity index (χ4n) is 3.39. The van der Waals surface area contributed by atoms with Crippen molar-refractivity contribution < 1.29 is 12.8 Å². The van der Waals surface area contributed by atoms with E-state index in [-0.39, 0.29) is 10.7 Å². The second-order valence-corrected chi connectivity index (χ2v) is 8.38. The van der Waals surface area contributed by atoms with E-state index < -0.39 is 16.1 Å². The minimum absolute atomic E-state index is 0.259. The van der Waals surface area contributed by atoms with Gasteiger partial charge in [0, 0.05) is 19.4 Å². The minimum atomic E-state index is -3.84. The van der Waals surface area contributed by atoms with E-state index in [1.165, 1.54) is 12.1 Å². The molecule has 142 valence electrons. The third-order valence-corrected chi connectivity index (χ3v) is 6.19. The maximum atomic E-state index is 13.4. The number of rotatable bonds is 5. The predicted molar refractivity (Wildman–Crippen MR) is 102 cm³/mol. The summed E-state index contributed by atoms with van der Waals surface area (Å²) in [4.78, 5) is 4.55. The number of hydrogen-bond acceptors (Lipinski definition) is 3. The van der Waals surface area contributed by atoms with Crippen molar-refractivity contribution in [1.82, 2.24) is 14.3 Å². The van der Waals surface area contributed by atoms with Gasteiger partial charge in [-0.15, -0.1) is 0 Å². The minimum Gasteiger partial charge on any atom is -0.336 e. The summed E-state index contributed by atoms with van der Waals surface area (Å²) in [6.07, 6.45) is 3.34. The van der Waals surface area contributed by atoms with Crippen LogP contribution in [0.4, 0.5) is 4.39 Å². The van der Waals surface area contributed by atoms with Gasteiger partial charge in [0.1, 0.15) is 17.7 Å². The number of halogens is 1. The van der Waals surface area contributed by atoms with Gasteiger partial charge in [0.05, 0.1) is 4.90 Å². The summed E-state index contributed by atoms with van der Waals surface area (Å²) in [5.74, 6) is 0.137. The van der Waals surface area contributed by atoms with Gasteiger partial charge in [0.2, 0.25) is 10.0 Å². The largest absolute Gasteiger partial charge is 0.336 e. The SMILES string of the molecule is Cc1cc(C)c(S(=O)(=O)N[C@H](c2ccc(F)cc2)c2nccn2C)c(C)c1. The first-order valence-corrected chi connectivity index (χ1v) is 10.00. The Morgan fingerprint density at radius 3 is 2.19 bits per heavy atom. The summed E-state index contributed by atoms with van der Waals surface area (Å²) in [7, 11) is -2.05. The molecule has 1 atom stereocenters. The van der Waals surface area contributed by atoms with Crippen LogP contribution in [0.2, 0.25) is 0 Å². The lowest BCUT2D eigenvalue weighted by Gasteiger charge is -2.21. The number of aromatic nitrogens is 2. The van der Waals surface area contributed by atoms with E-state index in [1.54, 1.807) is 50.0 Å². The Balaban J connectivity index is 2.09. The fourth-order valence-corrected chi connectivity index (χ4v) is 5.02. The number of sulfonamides is 1. The number of imidazole rings is 1. The van der Waals surface area contributed by atoms with Crippen molar-refractivity contribution in [2.45, 2.75) is 31.7 Å². The van der Waals surface area contributed by atoms with Crippen molar-refractivity contribution in [3.63, 3.8) is 0 Å². The Hall–Kier alpha value is -2.51. The highest BCUT2D eigenvalue weighted by atomic mass is 32.2.